The van der Waals surface area contributed by atoms with Crippen LogP contribution < -0.4 is 0 Å². The minimum atomic E-state index is -0.530. The van der Waals surface area contributed by atoms with Crippen LogP contribution in [-0.2, 0) is 23.8 Å². The van der Waals surface area contributed by atoms with Gasteiger partial charge in [-0.2, -0.15) is 0 Å². The highest BCUT2D eigenvalue weighted by Crippen LogP contribution is 2.16. The van der Waals surface area contributed by atoms with Gasteiger partial charge in [0, 0.05) is 19.4 Å². The predicted molar refractivity (Wildman–Crippen MR) is 252 cm³/mol. The molecule has 0 amide bonds. The molecule has 0 spiro atoms. The van der Waals surface area contributed by atoms with E-state index in [1.54, 1.807) is 0 Å². The summed E-state index contributed by atoms with van der Waals surface area (Å²) in [6.45, 7) is 7.83. The second-order valence-corrected chi connectivity index (χ2v) is 17.4. The van der Waals surface area contributed by atoms with Gasteiger partial charge in [0.2, 0.25) is 0 Å². The van der Waals surface area contributed by atoms with E-state index in [2.05, 4.69) is 45.1 Å². The molecule has 1 atom stereocenters. The number of unbranched alkanes of at least 4 members (excludes halogenated alkanes) is 33. The molecule has 0 aliphatic heterocycles. The van der Waals surface area contributed by atoms with Crippen LogP contribution in [0, 0.1) is 0 Å². The summed E-state index contributed by atoms with van der Waals surface area (Å²) in [5, 5.41) is 0. The standard InChI is InChI=1S/C53H100O5/c1-4-7-10-13-16-19-21-23-25-27-28-30-32-35-37-40-43-46-52(54)57-50-51(58-53(55)47-44-41-38-34-18-15-12-9-6-3)49-56-48-45-42-39-36-33-31-29-26-24-22-20-17-14-11-8-5-2/h16,19,23,25,51H,4-15,17-18,20-22,24,26-50H2,1-3H3/b19-16-,25-23-. The number of allylic oxidation sites excluding steroid dienone is 4. The Kier molecular flexibility index (Phi) is 48.4. The minimum absolute atomic E-state index is 0.0883. The van der Waals surface area contributed by atoms with Gasteiger partial charge in [0.25, 0.3) is 0 Å². The molecular weight excluding hydrogens is 717 g/mol. The van der Waals surface area contributed by atoms with E-state index in [0.717, 1.165) is 44.9 Å². The number of carbonyl (C=O) groups excluding carboxylic acids is 2. The maximum Gasteiger partial charge on any atom is 0.306 e. The van der Waals surface area contributed by atoms with E-state index >= 15 is 0 Å². The number of ether oxygens (including phenoxy) is 3. The van der Waals surface area contributed by atoms with Crippen LogP contribution in [0.5, 0.6) is 0 Å². The van der Waals surface area contributed by atoms with Crippen LogP contribution in [0.2, 0.25) is 0 Å². The molecule has 0 bridgehead atoms. The zero-order valence-corrected chi connectivity index (χ0v) is 39.3. The smallest absolute Gasteiger partial charge is 0.306 e. The summed E-state index contributed by atoms with van der Waals surface area (Å²) in [6, 6.07) is 0. The van der Waals surface area contributed by atoms with E-state index in [1.807, 2.05) is 0 Å². The van der Waals surface area contributed by atoms with Gasteiger partial charge < -0.3 is 14.2 Å². The van der Waals surface area contributed by atoms with E-state index in [9.17, 15) is 9.59 Å². The molecule has 0 aromatic heterocycles. The SMILES string of the molecule is CCCCC/C=C\C/C=C\CCCCCCCCCC(=O)OCC(COCCCCCCCCCCCCCCCCCC)OC(=O)CCCCCCCCCCC. The molecular formula is C53H100O5. The van der Waals surface area contributed by atoms with Gasteiger partial charge >= 0.3 is 11.9 Å². The van der Waals surface area contributed by atoms with Crippen molar-refractivity contribution in [3.8, 4) is 0 Å². The summed E-state index contributed by atoms with van der Waals surface area (Å²) in [4.78, 5) is 25.3. The van der Waals surface area contributed by atoms with Crippen LogP contribution in [0.3, 0.4) is 0 Å². The molecule has 0 aromatic carbocycles. The van der Waals surface area contributed by atoms with Gasteiger partial charge in [-0.05, 0) is 51.4 Å². The molecule has 58 heavy (non-hydrogen) atoms. The molecule has 0 aliphatic rings. The highest BCUT2D eigenvalue weighted by molar-refractivity contribution is 5.70. The summed E-state index contributed by atoms with van der Waals surface area (Å²) in [5.74, 6) is -0.392. The van der Waals surface area contributed by atoms with Crippen molar-refractivity contribution in [2.45, 2.75) is 284 Å². The van der Waals surface area contributed by atoms with E-state index in [-0.39, 0.29) is 18.5 Å². The van der Waals surface area contributed by atoms with Crippen LogP contribution in [0.15, 0.2) is 24.3 Å². The van der Waals surface area contributed by atoms with Crippen molar-refractivity contribution in [2.75, 3.05) is 19.8 Å². The molecule has 0 fully saturated rings. The summed E-state index contributed by atoms with van der Waals surface area (Å²) in [6.07, 6.45) is 57.6. The Morgan fingerprint density at radius 3 is 1.17 bits per heavy atom. The number of hydrogen-bond acceptors (Lipinski definition) is 5. The van der Waals surface area contributed by atoms with Crippen LogP contribution in [0.25, 0.3) is 0 Å². The molecule has 5 heteroatoms. The van der Waals surface area contributed by atoms with E-state index in [4.69, 9.17) is 14.2 Å². The first-order chi connectivity index (χ1) is 28.6. The first-order valence-electron chi connectivity index (χ1n) is 25.9. The maximum atomic E-state index is 12.7. The van der Waals surface area contributed by atoms with Gasteiger partial charge in [0.1, 0.15) is 6.61 Å². The molecule has 5 nitrogen and oxygen atoms in total. The zero-order chi connectivity index (χ0) is 42.1. The van der Waals surface area contributed by atoms with Crippen molar-refractivity contribution in [3.05, 3.63) is 24.3 Å². The fraction of sp³-hybridized carbons (Fsp3) is 0.887. The molecule has 1 unspecified atom stereocenters. The summed E-state index contributed by atoms with van der Waals surface area (Å²) < 4.78 is 17.4. The topological polar surface area (TPSA) is 61.8 Å². The molecule has 0 N–H and O–H groups in total. The van der Waals surface area contributed by atoms with Crippen LogP contribution in [0.1, 0.15) is 278 Å². The van der Waals surface area contributed by atoms with Gasteiger partial charge in [-0.25, -0.2) is 0 Å². The zero-order valence-electron chi connectivity index (χ0n) is 39.3. The van der Waals surface area contributed by atoms with Crippen molar-refractivity contribution in [3.63, 3.8) is 0 Å². The van der Waals surface area contributed by atoms with Crippen LogP contribution in [0.4, 0.5) is 0 Å². The summed E-state index contributed by atoms with van der Waals surface area (Å²) in [5.41, 5.74) is 0. The Bertz CT molecular complexity index is 882. The second kappa shape index (κ2) is 49.7. The Hall–Kier alpha value is -1.62. The molecule has 342 valence electrons. The van der Waals surface area contributed by atoms with Gasteiger partial charge in [-0.15, -0.1) is 0 Å². The quantitative estimate of drug-likeness (QED) is 0.0348. The number of carbonyl (C=O) groups is 2. The van der Waals surface area contributed by atoms with Gasteiger partial charge in [-0.1, -0.05) is 238 Å². The third-order valence-corrected chi connectivity index (χ3v) is 11.5. The van der Waals surface area contributed by atoms with Crippen LogP contribution >= 0.6 is 0 Å². The highest BCUT2D eigenvalue weighted by Gasteiger charge is 2.17. The monoisotopic (exact) mass is 817 g/mol. The molecule has 0 saturated heterocycles. The van der Waals surface area contributed by atoms with Crippen molar-refractivity contribution < 1.29 is 23.8 Å². The molecule has 0 rings (SSSR count). The van der Waals surface area contributed by atoms with Crippen molar-refractivity contribution in [1.29, 1.82) is 0 Å². The number of rotatable bonds is 48. The van der Waals surface area contributed by atoms with Crippen molar-refractivity contribution in [1.82, 2.24) is 0 Å². The fourth-order valence-electron chi connectivity index (χ4n) is 7.60. The average molecular weight is 817 g/mol. The number of esters is 2. The lowest BCUT2D eigenvalue weighted by atomic mass is 10.0. The third kappa shape index (κ3) is 47.1. The second-order valence-electron chi connectivity index (χ2n) is 17.4. The van der Waals surface area contributed by atoms with E-state index in [0.29, 0.717) is 26.1 Å². The molecule has 0 aliphatic carbocycles. The fourth-order valence-corrected chi connectivity index (χ4v) is 7.60. The van der Waals surface area contributed by atoms with Gasteiger partial charge in [-0.3, -0.25) is 9.59 Å². The first kappa shape index (κ1) is 56.4. The van der Waals surface area contributed by atoms with E-state index < -0.39 is 6.10 Å². The largest absolute Gasteiger partial charge is 0.462 e. The highest BCUT2D eigenvalue weighted by atomic mass is 16.6. The Morgan fingerprint density at radius 2 is 0.724 bits per heavy atom. The van der Waals surface area contributed by atoms with Gasteiger partial charge in [0.15, 0.2) is 6.10 Å². The predicted octanol–water partition coefficient (Wildman–Crippen LogP) is 17.2. The molecule has 0 aromatic rings. The minimum Gasteiger partial charge on any atom is -0.462 e. The lowest BCUT2D eigenvalue weighted by molar-refractivity contribution is -0.163. The third-order valence-electron chi connectivity index (χ3n) is 11.5. The average Bonchev–Trinajstić information content (AvgIpc) is 3.22. The summed E-state index contributed by atoms with van der Waals surface area (Å²) >= 11 is 0. The Morgan fingerprint density at radius 1 is 0.379 bits per heavy atom. The molecule has 0 radical (unpaired) electrons. The lowest BCUT2D eigenvalue weighted by Crippen LogP contribution is -2.30. The number of hydrogen-bond donors (Lipinski definition) is 0. The maximum absolute atomic E-state index is 12.7. The van der Waals surface area contributed by atoms with Crippen LogP contribution in [-0.4, -0.2) is 37.9 Å². The molecule has 0 saturated carbocycles. The Labute approximate surface area is 362 Å². The van der Waals surface area contributed by atoms with E-state index in [1.165, 1.54) is 199 Å². The lowest BCUT2D eigenvalue weighted by Gasteiger charge is -2.18. The summed E-state index contributed by atoms with van der Waals surface area (Å²) in [7, 11) is 0. The van der Waals surface area contributed by atoms with Crippen molar-refractivity contribution in [2.24, 2.45) is 0 Å². The van der Waals surface area contributed by atoms with Crippen molar-refractivity contribution >= 4 is 11.9 Å². The normalized spacial score (nSPS) is 12.3. The van der Waals surface area contributed by atoms with Gasteiger partial charge in [0.05, 0.1) is 6.61 Å². The first-order valence-corrected chi connectivity index (χ1v) is 25.9. The Balaban J connectivity index is 4.15. The molecule has 0 heterocycles.